The minimum absolute atomic E-state index is 0.325. The van der Waals surface area contributed by atoms with Crippen LogP contribution in [0.1, 0.15) is 58.3 Å². The Morgan fingerprint density at radius 1 is 1.38 bits per heavy atom. The number of unbranched alkanes of at least 4 members (excludes halogenated alkanes) is 1. The first-order valence-electron chi connectivity index (χ1n) is 6.54. The van der Waals surface area contributed by atoms with Crippen molar-refractivity contribution in [3.63, 3.8) is 0 Å². The molecule has 0 aliphatic heterocycles. The second kappa shape index (κ2) is 7.50. The molecule has 0 amide bonds. The van der Waals surface area contributed by atoms with E-state index in [1.165, 1.54) is 25.7 Å². The third kappa shape index (κ3) is 4.40. The molecule has 1 aromatic rings. The second-order valence-electron chi connectivity index (χ2n) is 4.56. The van der Waals surface area contributed by atoms with Gasteiger partial charge in [0.25, 0.3) is 0 Å². The maximum Gasteiger partial charge on any atom is 0.120 e. The molecule has 0 bridgehead atoms. The average Bonchev–Trinajstić information content (AvgIpc) is 2.82. The van der Waals surface area contributed by atoms with E-state index in [4.69, 9.17) is 4.42 Å². The van der Waals surface area contributed by atoms with Gasteiger partial charge in [-0.05, 0) is 37.9 Å². The molecule has 0 fully saturated rings. The van der Waals surface area contributed by atoms with Crippen molar-refractivity contribution in [3.05, 3.63) is 24.2 Å². The zero-order chi connectivity index (χ0) is 11.8. The quantitative estimate of drug-likeness (QED) is 0.716. The number of hydrogen-bond donors (Lipinski definition) is 1. The van der Waals surface area contributed by atoms with Crippen LogP contribution >= 0.6 is 0 Å². The number of rotatable bonds is 8. The Kier molecular flexibility index (Phi) is 6.24. The monoisotopic (exact) mass is 223 g/mol. The highest BCUT2D eigenvalue weighted by molar-refractivity contribution is 5.02. The maximum atomic E-state index is 5.38. The average molecular weight is 223 g/mol. The summed E-state index contributed by atoms with van der Waals surface area (Å²) in [6.07, 6.45) is 6.98. The fourth-order valence-corrected chi connectivity index (χ4v) is 1.93. The SMILES string of the molecule is CCCCC(CC)CNC(C)c1ccco1. The highest BCUT2D eigenvalue weighted by Crippen LogP contribution is 2.15. The molecule has 1 heterocycles. The van der Waals surface area contributed by atoms with Gasteiger partial charge >= 0.3 is 0 Å². The smallest absolute Gasteiger partial charge is 0.120 e. The van der Waals surface area contributed by atoms with Crippen LogP contribution in [0.15, 0.2) is 22.8 Å². The molecule has 2 unspecified atom stereocenters. The van der Waals surface area contributed by atoms with Crippen LogP contribution in [0.25, 0.3) is 0 Å². The van der Waals surface area contributed by atoms with E-state index in [1.807, 2.05) is 12.1 Å². The predicted molar refractivity (Wildman–Crippen MR) is 68.4 cm³/mol. The lowest BCUT2D eigenvalue weighted by molar-refractivity contribution is 0.369. The van der Waals surface area contributed by atoms with E-state index in [0.29, 0.717) is 6.04 Å². The minimum Gasteiger partial charge on any atom is -0.468 e. The lowest BCUT2D eigenvalue weighted by Gasteiger charge is -2.18. The van der Waals surface area contributed by atoms with Crippen molar-refractivity contribution < 1.29 is 4.42 Å². The third-order valence-electron chi connectivity index (χ3n) is 3.23. The summed E-state index contributed by atoms with van der Waals surface area (Å²) in [5.74, 6) is 1.84. The van der Waals surface area contributed by atoms with Gasteiger partial charge in [0.05, 0.1) is 12.3 Å². The highest BCUT2D eigenvalue weighted by atomic mass is 16.3. The lowest BCUT2D eigenvalue weighted by atomic mass is 9.99. The van der Waals surface area contributed by atoms with Gasteiger partial charge in [-0.25, -0.2) is 0 Å². The van der Waals surface area contributed by atoms with Gasteiger partial charge in [0.1, 0.15) is 5.76 Å². The largest absolute Gasteiger partial charge is 0.468 e. The first-order chi connectivity index (χ1) is 7.77. The Morgan fingerprint density at radius 2 is 2.19 bits per heavy atom. The number of furan rings is 1. The van der Waals surface area contributed by atoms with Crippen LogP contribution in [0.5, 0.6) is 0 Å². The molecule has 0 saturated heterocycles. The molecule has 0 aromatic carbocycles. The van der Waals surface area contributed by atoms with Crippen LogP contribution in [0.2, 0.25) is 0 Å². The van der Waals surface area contributed by atoms with Crippen molar-refractivity contribution in [3.8, 4) is 0 Å². The van der Waals surface area contributed by atoms with Crippen molar-refractivity contribution in [2.75, 3.05) is 6.54 Å². The van der Waals surface area contributed by atoms with E-state index >= 15 is 0 Å². The molecule has 0 spiro atoms. The highest BCUT2D eigenvalue weighted by Gasteiger charge is 2.10. The van der Waals surface area contributed by atoms with E-state index in [0.717, 1.165) is 18.2 Å². The first kappa shape index (κ1) is 13.3. The molecule has 0 aliphatic rings. The molecule has 16 heavy (non-hydrogen) atoms. The molecule has 0 radical (unpaired) electrons. The van der Waals surface area contributed by atoms with Gasteiger partial charge in [-0.1, -0.05) is 33.1 Å². The zero-order valence-electron chi connectivity index (χ0n) is 10.8. The van der Waals surface area contributed by atoms with Gasteiger partial charge in [0.2, 0.25) is 0 Å². The Balaban J connectivity index is 2.26. The molecule has 0 saturated carbocycles. The van der Waals surface area contributed by atoms with E-state index in [1.54, 1.807) is 6.26 Å². The Hall–Kier alpha value is -0.760. The molecule has 2 atom stereocenters. The summed E-state index contributed by atoms with van der Waals surface area (Å²) in [5, 5.41) is 3.55. The topological polar surface area (TPSA) is 25.2 Å². The van der Waals surface area contributed by atoms with Crippen molar-refractivity contribution in [1.29, 1.82) is 0 Å². The normalized spacial score (nSPS) is 14.9. The van der Waals surface area contributed by atoms with Crippen LogP contribution in [0.4, 0.5) is 0 Å². The van der Waals surface area contributed by atoms with Crippen LogP contribution < -0.4 is 5.32 Å². The van der Waals surface area contributed by atoms with Gasteiger partial charge in [-0.15, -0.1) is 0 Å². The van der Waals surface area contributed by atoms with Crippen LogP contribution in [-0.4, -0.2) is 6.54 Å². The Bertz CT molecular complexity index is 256. The fourth-order valence-electron chi connectivity index (χ4n) is 1.93. The van der Waals surface area contributed by atoms with Crippen molar-refractivity contribution in [2.45, 2.75) is 52.5 Å². The Morgan fingerprint density at radius 3 is 2.75 bits per heavy atom. The lowest BCUT2D eigenvalue weighted by Crippen LogP contribution is -2.25. The summed E-state index contributed by atoms with van der Waals surface area (Å²) < 4.78 is 5.38. The van der Waals surface area contributed by atoms with Crippen LogP contribution in [-0.2, 0) is 0 Å². The maximum absolute atomic E-state index is 5.38. The van der Waals surface area contributed by atoms with Crippen molar-refractivity contribution >= 4 is 0 Å². The Labute approximate surface area is 99.4 Å². The molecular weight excluding hydrogens is 198 g/mol. The standard InChI is InChI=1S/C14H25NO/c1-4-6-8-13(5-2)11-15-12(3)14-9-7-10-16-14/h7,9-10,12-13,15H,4-6,8,11H2,1-3H3. The summed E-state index contributed by atoms with van der Waals surface area (Å²) in [5.41, 5.74) is 0. The predicted octanol–water partition coefficient (Wildman–Crippen LogP) is 4.15. The summed E-state index contributed by atoms with van der Waals surface area (Å²) in [6.45, 7) is 7.79. The third-order valence-corrected chi connectivity index (χ3v) is 3.23. The second-order valence-corrected chi connectivity index (χ2v) is 4.56. The molecule has 2 nitrogen and oxygen atoms in total. The molecule has 0 aliphatic carbocycles. The van der Waals surface area contributed by atoms with Crippen LogP contribution in [0, 0.1) is 5.92 Å². The number of nitrogens with one attached hydrogen (secondary N) is 1. The van der Waals surface area contributed by atoms with Gasteiger partial charge in [-0.2, -0.15) is 0 Å². The van der Waals surface area contributed by atoms with E-state index < -0.39 is 0 Å². The fraction of sp³-hybridized carbons (Fsp3) is 0.714. The van der Waals surface area contributed by atoms with E-state index in [2.05, 4.69) is 26.1 Å². The van der Waals surface area contributed by atoms with Crippen molar-refractivity contribution in [2.24, 2.45) is 5.92 Å². The van der Waals surface area contributed by atoms with E-state index in [9.17, 15) is 0 Å². The molecular formula is C14H25NO. The molecule has 2 heteroatoms. The molecule has 1 aromatic heterocycles. The molecule has 1 rings (SSSR count). The summed E-state index contributed by atoms with van der Waals surface area (Å²) in [6, 6.07) is 4.30. The zero-order valence-corrected chi connectivity index (χ0v) is 10.8. The first-order valence-corrected chi connectivity index (χ1v) is 6.54. The van der Waals surface area contributed by atoms with Gasteiger partial charge in [0, 0.05) is 0 Å². The van der Waals surface area contributed by atoms with Gasteiger partial charge in [-0.3, -0.25) is 0 Å². The van der Waals surface area contributed by atoms with Gasteiger partial charge in [0.15, 0.2) is 0 Å². The van der Waals surface area contributed by atoms with Gasteiger partial charge < -0.3 is 9.73 Å². The van der Waals surface area contributed by atoms with E-state index in [-0.39, 0.29) is 0 Å². The summed E-state index contributed by atoms with van der Waals surface area (Å²) in [4.78, 5) is 0. The number of hydrogen-bond acceptors (Lipinski definition) is 2. The molecule has 1 N–H and O–H groups in total. The summed E-state index contributed by atoms with van der Waals surface area (Å²) in [7, 11) is 0. The van der Waals surface area contributed by atoms with Crippen molar-refractivity contribution in [1.82, 2.24) is 5.32 Å². The minimum atomic E-state index is 0.325. The summed E-state index contributed by atoms with van der Waals surface area (Å²) >= 11 is 0. The van der Waals surface area contributed by atoms with Crippen LogP contribution in [0.3, 0.4) is 0 Å². The molecule has 92 valence electrons.